The number of amides is 1. The van der Waals surface area contributed by atoms with E-state index in [1.165, 1.54) is 10.4 Å². The van der Waals surface area contributed by atoms with Gasteiger partial charge in [-0.2, -0.15) is 4.31 Å². The lowest BCUT2D eigenvalue weighted by Crippen LogP contribution is -2.36. The number of carbonyl (C=O) groups is 1. The molecule has 6 nitrogen and oxygen atoms in total. The Morgan fingerprint density at radius 3 is 2.22 bits per heavy atom. The zero-order valence-corrected chi connectivity index (χ0v) is 18.8. The molecule has 0 atom stereocenters. The molecular weight excluding hydrogens is 424 g/mol. The topological polar surface area (TPSA) is 75.7 Å². The minimum Gasteiger partial charge on any atom is -0.457 e. The smallest absolute Gasteiger partial charge is 0.255 e. The molecule has 4 rings (SSSR count). The molecule has 0 bridgehead atoms. The normalized spacial score (nSPS) is 14.7. The predicted octanol–water partition coefficient (Wildman–Crippen LogP) is 5.21. The van der Waals surface area contributed by atoms with E-state index in [4.69, 9.17) is 4.74 Å². The number of benzene rings is 3. The van der Waals surface area contributed by atoms with Crippen LogP contribution in [0.15, 0.2) is 77.7 Å². The molecule has 3 aromatic carbocycles. The average molecular weight is 451 g/mol. The highest BCUT2D eigenvalue weighted by Gasteiger charge is 2.28. The van der Waals surface area contributed by atoms with Crippen molar-refractivity contribution in [2.75, 3.05) is 18.4 Å². The quantitative estimate of drug-likeness (QED) is 0.559. The minimum absolute atomic E-state index is 0.193. The number of hydrogen-bond donors (Lipinski definition) is 1. The van der Waals surface area contributed by atoms with Crippen molar-refractivity contribution in [3.05, 3.63) is 83.9 Å². The van der Waals surface area contributed by atoms with Crippen LogP contribution in [0.4, 0.5) is 5.69 Å². The fourth-order valence-corrected chi connectivity index (χ4v) is 5.47. The lowest BCUT2D eigenvalue weighted by molar-refractivity contribution is 0.102. The number of rotatable bonds is 6. The molecule has 3 aromatic rings. The van der Waals surface area contributed by atoms with Gasteiger partial charge in [0.1, 0.15) is 11.5 Å². The van der Waals surface area contributed by atoms with Gasteiger partial charge < -0.3 is 10.1 Å². The Morgan fingerprint density at radius 1 is 0.875 bits per heavy atom. The summed E-state index contributed by atoms with van der Waals surface area (Å²) in [4.78, 5) is 13.0. The standard InChI is InChI=1S/C25H26N2O4S/c1-19-10-11-20(18-24(19)32(29,30)27-16-6-3-7-17-27)25(28)26-21-12-14-23(15-13-21)31-22-8-4-2-5-9-22/h2,4-5,8-15,18H,3,6-7,16-17H2,1H3,(H,26,28). The van der Waals surface area contributed by atoms with Crippen LogP contribution in [-0.4, -0.2) is 31.7 Å². The maximum atomic E-state index is 13.1. The van der Waals surface area contributed by atoms with Gasteiger partial charge in [0.2, 0.25) is 10.0 Å². The van der Waals surface area contributed by atoms with E-state index in [2.05, 4.69) is 5.32 Å². The van der Waals surface area contributed by atoms with Crippen molar-refractivity contribution in [2.45, 2.75) is 31.1 Å². The molecule has 0 aliphatic carbocycles. The monoisotopic (exact) mass is 450 g/mol. The van der Waals surface area contributed by atoms with Gasteiger partial charge >= 0.3 is 0 Å². The van der Waals surface area contributed by atoms with Crippen LogP contribution >= 0.6 is 0 Å². The van der Waals surface area contributed by atoms with Crippen molar-refractivity contribution in [3.8, 4) is 11.5 Å². The lowest BCUT2D eigenvalue weighted by atomic mass is 10.1. The van der Waals surface area contributed by atoms with E-state index in [1.807, 2.05) is 30.3 Å². The molecule has 0 radical (unpaired) electrons. The molecule has 32 heavy (non-hydrogen) atoms. The molecule has 1 fully saturated rings. The molecule has 0 spiro atoms. The third-order valence-electron chi connectivity index (χ3n) is 5.47. The van der Waals surface area contributed by atoms with Crippen LogP contribution in [-0.2, 0) is 10.0 Å². The fourth-order valence-electron chi connectivity index (χ4n) is 3.70. The number of nitrogens with zero attached hydrogens (tertiary/aromatic N) is 1. The second-order valence-electron chi connectivity index (χ2n) is 7.84. The number of hydrogen-bond acceptors (Lipinski definition) is 4. The van der Waals surface area contributed by atoms with Gasteiger partial charge in [0.15, 0.2) is 0 Å². The third kappa shape index (κ3) is 5.00. The van der Waals surface area contributed by atoms with Crippen LogP contribution in [0.5, 0.6) is 11.5 Å². The Hall–Kier alpha value is -3.16. The zero-order chi connectivity index (χ0) is 22.6. The lowest BCUT2D eigenvalue weighted by Gasteiger charge is -2.26. The van der Waals surface area contributed by atoms with Crippen molar-refractivity contribution >= 4 is 21.6 Å². The molecule has 1 heterocycles. The molecule has 1 N–H and O–H groups in total. The van der Waals surface area contributed by atoms with Gasteiger partial charge in [-0.25, -0.2) is 8.42 Å². The summed E-state index contributed by atoms with van der Waals surface area (Å²) in [6, 6.07) is 21.3. The van der Waals surface area contributed by atoms with Crippen LogP contribution in [0, 0.1) is 6.92 Å². The summed E-state index contributed by atoms with van der Waals surface area (Å²) in [7, 11) is -3.62. The third-order valence-corrected chi connectivity index (χ3v) is 7.51. The van der Waals surface area contributed by atoms with Gasteiger partial charge in [-0.1, -0.05) is 30.7 Å². The van der Waals surface area contributed by atoms with Gasteiger partial charge in [-0.05, 0) is 73.9 Å². The Labute approximate surface area is 188 Å². The second-order valence-corrected chi connectivity index (χ2v) is 9.74. The summed E-state index contributed by atoms with van der Waals surface area (Å²) in [6.45, 7) is 2.80. The summed E-state index contributed by atoms with van der Waals surface area (Å²) in [6.07, 6.45) is 2.77. The molecule has 0 unspecified atom stereocenters. The van der Waals surface area contributed by atoms with E-state index >= 15 is 0 Å². The first-order valence-electron chi connectivity index (χ1n) is 10.7. The van der Waals surface area contributed by atoms with E-state index < -0.39 is 10.0 Å². The van der Waals surface area contributed by atoms with Crippen LogP contribution in [0.25, 0.3) is 0 Å². The molecule has 1 aliphatic heterocycles. The minimum atomic E-state index is -3.62. The van der Waals surface area contributed by atoms with Crippen molar-refractivity contribution < 1.29 is 17.9 Å². The average Bonchev–Trinajstić information content (AvgIpc) is 2.82. The Kier molecular flexibility index (Phi) is 6.58. The predicted molar refractivity (Wildman–Crippen MR) is 125 cm³/mol. The second kappa shape index (κ2) is 9.54. The maximum absolute atomic E-state index is 13.1. The molecule has 0 aromatic heterocycles. The Morgan fingerprint density at radius 2 is 1.53 bits per heavy atom. The van der Waals surface area contributed by atoms with Crippen molar-refractivity contribution in [3.63, 3.8) is 0 Å². The first kappa shape index (κ1) is 22.0. The van der Waals surface area contributed by atoms with Crippen LogP contribution in [0.2, 0.25) is 0 Å². The number of para-hydroxylation sites is 1. The van der Waals surface area contributed by atoms with Gasteiger partial charge in [-0.15, -0.1) is 0 Å². The number of aryl methyl sites for hydroxylation is 1. The molecular formula is C25H26N2O4S. The summed E-state index contributed by atoms with van der Waals surface area (Å²) >= 11 is 0. The van der Waals surface area contributed by atoms with Gasteiger partial charge in [-0.3, -0.25) is 4.79 Å². The van der Waals surface area contributed by atoms with E-state index in [9.17, 15) is 13.2 Å². The van der Waals surface area contributed by atoms with Gasteiger partial charge in [0, 0.05) is 24.3 Å². The van der Waals surface area contributed by atoms with Crippen LogP contribution < -0.4 is 10.1 Å². The highest BCUT2D eigenvalue weighted by atomic mass is 32.2. The summed E-state index contributed by atoms with van der Waals surface area (Å²) in [5.41, 5.74) is 1.53. The largest absolute Gasteiger partial charge is 0.457 e. The highest BCUT2D eigenvalue weighted by Crippen LogP contribution is 2.26. The summed E-state index contributed by atoms with van der Waals surface area (Å²) in [5.74, 6) is 1.02. The number of ether oxygens (including phenoxy) is 1. The van der Waals surface area contributed by atoms with Crippen molar-refractivity contribution in [1.82, 2.24) is 4.31 Å². The first-order valence-corrected chi connectivity index (χ1v) is 12.1. The molecule has 1 aliphatic rings. The highest BCUT2D eigenvalue weighted by molar-refractivity contribution is 7.89. The SMILES string of the molecule is Cc1ccc(C(=O)Nc2ccc(Oc3ccccc3)cc2)cc1S(=O)(=O)N1CCCCC1. The van der Waals surface area contributed by atoms with Crippen molar-refractivity contribution in [2.24, 2.45) is 0 Å². The number of anilines is 1. The van der Waals surface area contributed by atoms with Gasteiger partial charge in [0.05, 0.1) is 4.90 Å². The van der Waals surface area contributed by atoms with E-state index in [-0.39, 0.29) is 10.8 Å². The molecule has 1 saturated heterocycles. The summed E-state index contributed by atoms with van der Waals surface area (Å²) < 4.78 is 33.5. The molecule has 166 valence electrons. The Balaban J connectivity index is 1.48. The van der Waals surface area contributed by atoms with Gasteiger partial charge in [0.25, 0.3) is 5.91 Å². The van der Waals surface area contributed by atoms with Crippen LogP contribution in [0.3, 0.4) is 0 Å². The molecule has 1 amide bonds. The maximum Gasteiger partial charge on any atom is 0.255 e. The summed E-state index contributed by atoms with van der Waals surface area (Å²) in [5, 5.41) is 2.82. The van der Waals surface area contributed by atoms with E-state index in [1.54, 1.807) is 43.3 Å². The van der Waals surface area contributed by atoms with E-state index in [0.29, 0.717) is 35.7 Å². The number of sulfonamides is 1. The first-order chi connectivity index (χ1) is 15.4. The fraction of sp³-hybridized carbons (Fsp3) is 0.240. The molecule has 7 heteroatoms. The van der Waals surface area contributed by atoms with E-state index in [0.717, 1.165) is 25.0 Å². The zero-order valence-electron chi connectivity index (χ0n) is 18.0. The Bertz CT molecular complexity index is 1190. The van der Waals surface area contributed by atoms with Crippen molar-refractivity contribution in [1.29, 1.82) is 0 Å². The number of piperidine rings is 1. The van der Waals surface area contributed by atoms with Crippen LogP contribution in [0.1, 0.15) is 35.2 Å². The number of nitrogens with one attached hydrogen (secondary N) is 1. The molecule has 0 saturated carbocycles. The number of carbonyl (C=O) groups excluding carboxylic acids is 1.